The third kappa shape index (κ3) is 3.47. The number of para-hydroxylation sites is 1. The maximum Gasteiger partial charge on any atom is 0.292 e. The van der Waals surface area contributed by atoms with Crippen molar-refractivity contribution in [3.8, 4) is 5.75 Å². The van der Waals surface area contributed by atoms with E-state index in [1.807, 2.05) is 24.3 Å². The minimum atomic E-state index is -0.702. The largest absolute Gasteiger partial charge is 0.497 e. The molecule has 7 heteroatoms. The number of aromatic amines is 1. The molecular weight excluding hydrogens is 370 g/mol. The minimum Gasteiger partial charge on any atom is -0.497 e. The molecular formula is C22H21N3O4. The fourth-order valence-corrected chi connectivity index (χ4v) is 3.75. The van der Waals surface area contributed by atoms with Gasteiger partial charge in [-0.3, -0.25) is 14.4 Å². The smallest absolute Gasteiger partial charge is 0.292 e. The van der Waals surface area contributed by atoms with Gasteiger partial charge in [-0.05, 0) is 37.3 Å². The Balaban J connectivity index is 1.47. The Bertz CT molecular complexity index is 1100. The van der Waals surface area contributed by atoms with Crippen LogP contribution in [0, 0.1) is 6.92 Å². The summed E-state index contributed by atoms with van der Waals surface area (Å²) >= 11 is 0. The second kappa shape index (κ2) is 7.43. The van der Waals surface area contributed by atoms with Crippen LogP contribution >= 0.6 is 0 Å². The van der Waals surface area contributed by atoms with Crippen molar-refractivity contribution in [2.75, 3.05) is 18.6 Å². The van der Waals surface area contributed by atoms with Crippen LogP contribution in [0.5, 0.6) is 5.75 Å². The maximum absolute atomic E-state index is 12.8. The highest BCUT2D eigenvalue weighted by atomic mass is 16.5. The van der Waals surface area contributed by atoms with Crippen molar-refractivity contribution in [3.05, 3.63) is 59.8 Å². The zero-order valence-electron chi connectivity index (χ0n) is 16.2. The van der Waals surface area contributed by atoms with Gasteiger partial charge in [0, 0.05) is 35.2 Å². The number of aromatic nitrogens is 1. The zero-order valence-corrected chi connectivity index (χ0v) is 16.2. The average Bonchev–Trinajstić information content (AvgIpc) is 3.25. The quantitative estimate of drug-likeness (QED) is 0.517. The number of carbonyl (C=O) groups is 3. The van der Waals surface area contributed by atoms with Crippen molar-refractivity contribution < 1.29 is 19.1 Å². The Labute approximate surface area is 167 Å². The molecule has 1 atom stereocenters. The summed E-state index contributed by atoms with van der Waals surface area (Å²) in [6.07, 6.45) is 0.151. The van der Waals surface area contributed by atoms with Crippen LogP contribution < -0.4 is 15.0 Å². The van der Waals surface area contributed by atoms with E-state index in [4.69, 9.17) is 4.74 Å². The highest BCUT2D eigenvalue weighted by Gasteiger charge is 2.33. The Morgan fingerprint density at radius 1 is 1.14 bits per heavy atom. The average molecular weight is 391 g/mol. The van der Waals surface area contributed by atoms with Crippen LogP contribution in [-0.4, -0.2) is 42.3 Å². The molecule has 2 amide bonds. The number of methoxy groups -OCH3 is 1. The molecule has 0 radical (unpaired) electrons. The number of fused-ring (bicyclic) bond motifs is 1. The van der Waals surface area contributed by atoms with E-state index in [9.17, 15) is 14.4 Å². The summed E-state index contributed by atoms with van der Waals surface area (Å²) in [6, 6.07) is 14.1. The number of aryl methyl sites for hydroxylation is 1. The van der Waals surface area contributed by atoms with Gasteiger partial charge in [-0.25, -0.2) is 0 Å². The van der Waals surface area contributed by atoms with Crippen LogP contribution in [0.1, 0.15) is 22.5 Å². The van der Waals surface area contributed by atoms with E-state index in [0.717, 1.165) is 11.2 Å². The minimum absolute atomic E-state index is 0.101. The van der Waals surface area contributed by atoms with E-state index in [0.29, 0.717) is 28.9 Å². The second-order valence-corrected chi connectivity index (χ2v) is 7.08. The fourth-order valence-electron chi connectivity index (χ4n) is 3.75. The van der Waals surface area contributed by atoms with Gasteiger partial charge < -0.3 is 19.9 Å². The molecule has 2 aromatic carbocycles. The number of nitrogens with zero attached hydrogens (tertiary/aromatic N) is 1. The number of hydrogen-bond donors (Lipinski definition) is 2. The topological polar surface area (TPSA) is 91.5 Å². The van der Waals surface area contributed by atoms with E-state index >= 15 is 0 Å². The van der Waals surface area contributed by atoms with E-state index in [2.05, 4.69) is 10.3 Å². The van der Waals surface area contributed by atoms with Crippen LogP contribution in [0.25, 0.3) is 10.9 Å². The molecule has 1 aromatic heterocycles. The van der Waals surface area contributed by atoms with Crippen LogP contribution in [0.15, 0.2) is 48.5 Å². The highest BCUT2D eigenvalue weighted by Crippen LogP contribution is 2.25. The molecule has 7 nitrogen and oxygen atoms in total. The van der Waals surface area contributed by atoms with Crippen molar-refractivity contribution >= 4 is 34.2 Å². The third-order valence-electron chi connectivity index (χ3n) is 5.17. The van der Waals surface area contributed by atoms with E-state index < -0.39 is 17.7 Å². The van der Waals surface area contributed by atoms with Gasteiger partial charge in [-0.2, -0.15) is 0 Å². The predicted molar refractivity (Wildman–Crippen MR) is 109 cm³/mol. The number of benzene rings is 2. The molecule has 1 aliphatic heterocycles. The van der Waals surface area contributed by atoms with Gasteiger partial charge in [0.05, 0.1) is 18.7 Å². The lowest BCUT2D eigenvalue weighted by Gasteiger charge is -2.17. The van der Waals surface area contributed by atoms with Gasteiger partial charge >= 0.3 is 0 Å². The summed E-state index contributed by atoms with van der Waals surface area (Å²) in [4.78, 5) is 42.5. The molecule has 0 unspecified atom stereocenters. The summed E-state index contributed by atoms with van der Waals surface area (Å²) in [7, 11) is 1.58. The first-order valence-electron chi connectivity index (χ1n) is 9.35. The van der Waals surface area contributed by atoms with Crippen molar-refractivity contribution in [2.45, 2.75) is 19.4 Å². The zero-order chi connectivity index (χ0) is 20.5. The molecule has 0 aliphatic carbocycles. The number of hydrogen-bond acceptors (Lipinski definition) is 4. The van der Waals surface area contributed by atoms with Crippen molar-refractivity contribution in [1.82, 2.24) is 10.3 Å². The SMILES string of the molecule is COc1ccc(N2C[C@H](NC(=O)C(=O)c3c(C)[nH]c4ccccc34)CC2=O)cc1. The van der Waals surface area contributed by atoms with Crippen molar-refractivity contribution in [3.63, 3.8) is 0 Å². The van der Waals surface area contributed by atoms with E-state index in [1.54, 1.807) is 43.2 Å². The lowest BCUT2D eigenvalue weighted by atomic mass is 10.1. The number of anilines is 1. The summed E-state index contributed by atoms with van der Waals surface area (Å²) in [5.74, 6) is -0.705. The van der Waals surface area contributed by atoms with Gasteiger partial charge in [0.15, 0.2) is 0 Å². The summed E-state index contributed by atoms with van der Waals surface area (Å²) < 4.78 is 5.13. The van der Waals surface area contributed by atoms with Crippen LogP contribution in [0.4, 0.5) is 5.69 Å². The standard InChI is InChI=1S/C22H21N3O4/c1-13-20(17-5-3-4-6-18(17)23-13)21(27)22(28)24-14-11-19(26)25(12-14)15-7-9-16(29-2)10-8-15/h3-10,14,23H,11-12H2,1-2H3,(H,24,28)/t14-/m1/s1. The van der Waals surface area contributed by atoms with E-state index in [-0.39, 0.29) is 12.3 Å². The Hall–Kier alpha value is -3.61. The molecule has 1 saturated heterocycles. The molecule has 0 bridgehead atoms. The normalized spacial score (nSPS) is 16.3. The first kappa shape index (κ1) is 18.7. The van der Waals surface area contributed by atoms with E-state index in [1.165, 1.54) is 0 Å². The van der Waals surface area contributed by atoms with Gasteiger partial charge in [0.1, 0.15) is 5.75 Å². The number of ketones is 1. The van der Waals surface area contributed by atoms with Crippen LogP contribution in [0.2, 0.25) is 0 Å². The molecule has 1 aliphatic rings. The van der Waals surface area contributed by atoms with Gasteiger partial charge in [-0.1, -0.05) is 18.2 Å². The fraction of sp³-hybridized carbons (Fsp3) is 0.227. The number of Topliss-reactive ketones (excluding diaryl/α,β-unsaturated/α-hetero) is 1. The number of ether oxygens (including phenoxy) is 1. The number of amides is 2. The number of H-pyrrole nitrogens is 1. The number of carbonyl (C=O) groups excluding carboxylic acids is 3. The molecule has 3 aromatic rings. The monoisotopic (exact) mass is 391 g/mol. The first-order chi connectivity index (χ1) is 14.0. The Morgan fingerprint density at radius 3 is 2.59 bits per heavy atom. The highest BCUT2D eigenvalue weighted by molar-refractivity contribution is 6.45. The molecule has 2 N–H and O–H groups in total. The summed E-state index contributed by atoms with van der Waals surface area (Å²) in [6.45, 7) is 2.09. The van der Waals surface area contributed by atoms with Crippen molar-refractivity contribution in [2.24, 2.45) is 0 Å². The molecule has 29 heavy (non-hydrogen) atoms. The lowest BCUT2D eigenvalue weighted by Crippen LogP contribution is -2.41. The summed E-state index contributed by atoms with van der Waals surface area (Å²) in [5, 5.41) is 3.44. The molecule has 1 fully saturated rings. The number of nitrogens with one attached hydrogen (secondary N) is 2. The molecule has 2 heterocycles. The Morgan fingerprint density at radius 2 is 1.86 bits per heavy atom. The maximum atomic E-state index is 12.8. The lowest BCUT2D eigenvalue weighted by molar-refractivity contribution is -0.118. The van der Waals surface area contributed by atoms with Crippen molar-refractivity contribution in [1.29, 1.82) is 0 Å². The van der Waals surface area contributed by atoms with Crippen LogP contribution in [-0.2, 0) is 9.59 Å². The molecule has 0 spiro atoms. The van der Waals surface area contributed by atoms with Gasteiger partial charge in [0.2, 0.25) is 5.91 Å². The molecule has 148 valence electrons. The second-order valence-electron chi connectivity index (χ2n) is 7.08. The summed E-state index contributed by atoms with van der Waals surface area (Å²) in [5.41, 5.74) is 2.55. The number of rotatable bonds is 5. The molecule has 0 saturated carbocycles. The third-order valence-corrected chi connectivity index (χ3v) is 5.17. The van der Waals surface area contributed by atoms with Gasteiger partial charge in [0.25, 0.3) is 11.7 Å². The van der Waals surface area contributed by atoms with Crippen LogP contribution in [0.3, 0.4) is 0 Å². The first-order valence-corrected chi connectivity index (χ1v) is 9.35. The van der Waals surface area contributed by atoms with Gasteiger partial charge in [-0.15, -0.1) is 0 Å². The molecule has 4 rings (SSSR count). The Kier molecular flexibility index (Phi) is 4.80. The predicted octanol–water partition coefficient (Wildman–Crippen LogP) is 2.59.